The zero-order chi connectivity index (χ0) is 17.9. The summed E-state index contributed by atoms with van der Waals surface area (Å²) in [4.78, 5) is 13.3. The number of halogens is 3. The summed E-state index contributed by atoms with van der Waals surface area (Å²) in [5.41, 5.74) is -2.55. The predicted molar refractivity (Wildman–Crippen MR) is 80.1 cm³/mol. The summed E-state index contributed by atoms with van der Waals surface area (Å²) in [6.45, 7) is 6.30. The van der Waals surface area contributed by atoms with Gasteiger partial charge in [0.05, 0.1) is 12.0 Å². The Morgan fingerprint density at radius 1 is 1.30 bits per heavy atom. The third-order valence-electron chi connectivity index (χ3n) is 4.04. The summed E-state index contributed by atoms with van der Waals surface area (Å²) >= 11 is 0. The summed E-state index contributed by atoms with van der Waals surface area (Å²) in [5, 5.41) is 11.7. The van der Waals surface area contributed by atoms with Crippen LogP contribution in [-0.4, -0.2) is 60.2 Å². The lowest BCUT2D eigenvalue weighted by Crippen LogP contribution is -2.55. The molecular formula is C15H27F3N2O3. The van der Waals surface area contributed by atoms with Crippen LogP contribution in [0.2, 0.25) is 0 Å². The number of piperidine rings is 1. The number of amides is 1. The monoisotopic (exact) mass is 340 g/mol. The van der Waals surface area contributed by atoms with Crippen molar-refractivity contribution in [1.82, 2.24) is 10.2 Å². The topological polar surface area (TPSA) is 61.8 Å². The van der Waals surface area contributed by atoms with Gasteiger partial charge in [-0.3, -0.25) is 0 Å². The Morgan fingerprint density at radius 3 is 2.22 bits per heavy atom. The van der Waals surface area contributed by atoms with Crippen LogP contribution < -0.4 is 5.32 Å². The lowest BCUT2D eigenvalue weighted by Gasteiger charge is -2.43. The third kappa shape index (κ3) is 5.53. The van der Waals surface area contributed by atoms with E-state index in [0.29, 0.717) is 0 Å². The minimum absolute atomic E-state index is 0.00358. The zero-order valence-corrected chi connectivity index (χ0v) is 14.2. The second-order valence-electron chi connectivity index (χ2n) is 7.21. The molecule has 1 rings (SSSR count). The highest BCUT2D eigenvalue weighted by Gasteiger charge is 2.55. The highest BCUT2D eigenvalue weighted by Crippen LogP contribution is 2.46. The lowest BCUT2D eigenvalue weighted by molar-refractivity contribution is -0.235. The first-order valence-corrected chi connectivity index (χ1v) is 7.79. The Bertz CT molecular complexity index is 400. The van der Waals surface area contributed by atoms with Crippen LogP contribution in [0.5, 0.6) is 0 Å². The van der Waals surface area contributed by atoms with E-state index in [2.05, 4.69) is 5.32 Å². The molecular weight excluding hydrogens is 313 g/mol. The maximum atomic E-state index is 13.5. The van der Waals surface area contributed by atoms with Gasteiger partial charge in [0, 0.05) is 25.7 Å². The molecule has 23 heavy (non-hydrogen) atoms. The van der Waals surface area contributed by atoms with Crippen LogP contribution in [0.4, 0.5) is 18.0 Å². The molecule has 1 saturated heterocycles. The van der Waals surface area contributed by atoms with Crippen LogP contribution in [0.15, 0.2) is 0 Å². The minimum atomic E-state index is -4.37. The third-order valence-corrected chi connectivity index (χ3v) is 4.04. The number of aliphatic hydroxyl groups is 1. The first-order chi connectivity index (χ1) is 10.4. The molecule has 2 N–H and O–H groups in total. The molecule has 1 aliphatic rings. The van der Waals surface area contributed by atoms with Gasteiger partial charge in [-0.05, 0) is 40.5 Å². The normalized spacial score (nSPS) is 20.3. The van der Waals surface area contributed by atoms with Gasteiger partial charge in [-0.1, -0.05) is 0 Å². The van der Waals surface area contributed by atoms with E-state index in [9.17, 15) is 18.0 Å². The van der Waals surface area contributed by atoms with E-state index in [0.717, 1.165) is 0 Å². The first-order valence-electron chi connectivity index (χ1n) is 7.79. The fraction of sp³-hybridized carbons (Fsp3) is 0.933. The van der Waals surface area contributed by atoms with Gasteiger partial charge in [-0.25, -0.2) is 4.79 Å². The standard InChI is InChI=1S/C15H27F3N2O3/c1-11(9-21)19-10-14(15(16,17)18)5-7-20(8-6-14)12(22)23-13(2,3)4/h11,19,21H,5-10H2,1-4H3/t11-/m0/s1. The van der Waals surface area contributed by atoms with Crippen molar-refractivity contribution in [2.45, 2.75) is 58.4 Å². The summed E-state index contributed by atoms with van der Waals surface area (Å²) < 4.78 is 45.7. The second-order valence-corrected chi connectivity index (χ2v) is 7.21. The van der Waals surface area contributed by atoms with Crippen LogP contribution in [-0.2, 0) is 4.74 Å². The fourth-order valence-corrected chi connectivity index (χ4v) is 2.44. The highest BCUT2D eigenvalue weighted by molar-refractivity contribution is 5.68. The Morgan fingerprint density at radius 2 is 1.83 bits per heavy atom. The predicted octanol–water partition coefficient (Wildman–Crippen LogP) is 2.54. The van der Waals surface area contributed by atoms with Crippen molar-refractivity contribution in [1.29, 1.82) is 0 Å². The molecule has 0 unspecified atom stereocenters. The van der Waals surface area contributed by atoms with Gasteiger partial charge < -0.3 is 20.1 Å². The Balaban J connectivity index is 2.71. The van der Waals surface area contributed by atoms with E-state index < -0.39 is 29.3 Å². The van der Waals surface area contributed by atoms with Gasteiger partial charge >= 0.3 is 12.3 Å². The smallest absolute Gasteiger partial charge is 0.410 e. The second kappa shape index (κ2) is 7.25. The Hall–Kier alpha value is -1.02. The lowest BCUT2D eigenvalue weighted by atomic mass is 9.77. The molecule has 1 atom stereocenters. The van der Waals surface area contributed by atoms with Crippen molar-refractivity contribution in [2.75, 3.05) is 26.2 Å². The molecule has 5 nitrogen and oxygen atoms in total. The number of nitrogens with zero attached hydrogens (tertiary/aromatic N) is 1. The van der Waals surface area contributed by atoms with Crippen molar-refractivity contribution in [3.8, 4) is 0 Å². The number of rotatable bonds is 4. The molecule has 1 fully saturated rings. The van der Waals surface area contributed by atoms with E-state index in [1.807, 2.05) is 0 Å². The summed E-state index contributed by atoms with van der Waals surface area (Å²) in [5.74, 6) is 0. The SMILES string of the molecule is C[C@@H](CO)NCC1(C(F)(F)F)CCN(C(=O)OC(C)(C)C)CC1. The molecule has 1 aliphatic heterocycles. The van der Waals surface area contributed by atoms with E-state index in [1.54, 1.807) is 27.7 Å². The number of likely N-dealkylation sites (tertiary alicyclic amines) is 1. The number of ether oxygens (including phenoxy) is 1. The van der Waals surface area contributed by atoms with Gasteiger partial charge in [0.1, 0.15) is 5.60 Å². The van der Waals surface area contributed by atoms with Crippen molar-refractivity contribution in [3.63, 3.8) is 0 Å². The van der Waals surface area contributed by atoms with Crippen molar-refractivity contribution < 1.29 is 27.8 Å². The van der Waals surface area contributed by atoms with E-state index in [4.69, 9.17) is 9.84 Å². The summed E-state index contributed by atoms with van der Waals surface area (Å²) in [6.07, 6.45) is -5.30. The molecule has 0 saturated carbocycles. The highest BCUT2D eigenvalue weighted by atomic mass is 19.4. The van der Waals surface area contributed by atoms with Gasteiger partial charge in [-0.15, -0.1) is 0 Å². The van der Waals surface area contributed by atoms with Crippen molar-refractivity contribution >= 4 is 6.09 Å². The Kier molecular flexibility index (Phi) is 6.32. The molecule has 0 radical (unpaired) electrons. The Labute approximate surface area is 135 Å². The van der Waals surface area contributed by atoms with E-state index in [1.165, 1.54) is 4.90 Å². The number of alkyl halides is 3. The van der Waals surface area contributed by atoms with Crippen LogP contribution in [0, 0.1) is 5.41 Å². The van der Waals surface area contributed by atoms with E-state index >= 15 is 0 Å². The fourth-order valence-electron chi connectivity index (χ4n) is 2.44. The molecule has 0 bridgehead atoms. The van der Waals surface area contributed by atoms with Crippen LogP contribution in [0.3, 0.4) is 0 Å². The average Bonchev–Trinajstić information content (AvgIpc) is 2.42. The quantitative estimate of drug-likeness (QED) is 0.826. The number of carbonyl (C=O) groups excluding carboxylic acids is 1. The molecule has 0 spiro atoms. The van der Waals surface area contributed by atoms with E-state index in [-0.39, 0.29) is 39.1 Å². The maximum absolute atomic E-state index is 13.5. The zero-order valence-electron chi connectivity index (χ0n) is 14.2. The van der Waals surface area contributed by atoms with Crippen LogP contribution in [0.25, 0.3) is 0 Å². The molecule has 136 valence electrons. The molecule has 0 aromatic carbocycles. The number of aliphatic hydroxyl groups excluding tert-OH is 1. The molecule has 8 heteroatoms. The average molecular weight is 340 g/mol. The van der Waals surface area contributed by atoms with Crippen molar-refractivity contribution in [3.05, 3.63) is 0 Å². The van der Waals surface area contributed by atoms with Crippen molar-refractivity contribution in [2.24, 2.45) is 5.41 Å². The summed E-state index contributed by atoms with van der Waals surface area (Å²) in [7, 11) is 0. The molecule has 0 aromatic rings. The van der Waals surface area contributed by atoms with Crippen LogP contribution in [0.1, 0.15) is 40.5 Å². The molecule has 1 amide bonds. The number of nitrogens with one attached hydrogen (secondary N) is 1. The molecule has 0 aliphatic carbocycles. The number of hydrogen-bond acceptors (Lipinski definition) is 4. The van der Waals surface area contributed by atoms with Gasteiger partial charge in [0.25, 0.3) is 0 Å². The van der Waals surface area contributed by atoms with Gasteiger partial charge in [0.15, 0.2) is 0 Å². The first kappa shape index (κ1) is 20.0. The summed E-state index contributed by atoms with van der Waals surface area (Å²) in [6, 6.07) is -0.405. The van der Waals surface area contributed by atoms with Gasteiger partial charge in [-0.2, -0.15) is 13.2 Å². The molecule has 1 heterocycles. The molecule has 0 aromatic heterocycles. The van der Waals surface area contributed by atoms with Gasteiger partial charge in [0.2, 0.25) is 0 Å². The number of hydrogen-bond donors (Lipinski definition) is 2. The minimum Gasteiger partial charge on any atom is -0.444 e. The van der Waals surface area contributed by atoms with Crippen LogP contribution >= 0.6 is 0 Å². The number of carbonyl (C=O) groups is 1. The maximum Gasteiger partial charge on any atom is 0.410 e. The largest absolute Gasteiger partial charge is 0.444 e.